The van der Waals surface area contributed by atoms with Crippen molar-refractivity contribution in [1.82, 2.24) is 0 Å². The summed E-state index contributed by atoms with van der Waals surface area (Å²) < 4.78 is 0. The van der Waals surface area contributed by atoms with Gasteiger partial charge in [-0.1, -0.05) is 33.6 Å². The molecule has 2 N–H and O–H groups in total. The Morgan fingerprint density at radius 2 is 1.57 bits per heavy atom. The summed E-state index contributed by atoms with van der Waals surface area (Å²) in [5.74, 6) is 0.574. The predicted molar refractivity (Wildman–Crippen MR) is 60.2 cm³/mol. The van der Waals surface area contributed by atoms with Gasteiger partial charge < -0.3 is 10.2 Å². The summed E-state index contributed by atoms with van der Waals surface area (Å²) >= 11 is 0. The fourth-order valence-corrected chi connectivity index (χ4v) is 2.19. The first-order valence-electron chi connectivity index (χ1n) is 6.00. The standard InChI is InChI=1S/C12H26O2/c1-4-7-10(9-13)11(8-5-2)12(14)6-3/h10-14H,4-9H2,1-3H3. The van der Waals surface area contributed by atoms with Crippen molar-refractivity contribution in [3.63, 3.8) is 0 Å². The van der Waals surface area contributed by atoms with Crippen LogP contribution in [0.15, 0.2) is 0 Å². The molecule has 14 heavy (non-hydrogen) atoms. The maximum Gasteiger partial charge on any atom is 0.0569 e. The van der Waals surface area contributed by atoms with Crippen LogP contribution in [0.5, 0.6) is 0 Å². The minimum Gasteiger partial charge on any atom is -0.396 e. The molecule has 0 aromatic carbocycles. The lowest BCUT2D eigenvalue weighted by molar-refractivity contribution is 0.0365. The van der Waals surface area contributed by atoms with E-state index >= 15 is 0 Å². The van der Waals surface area contributed by atoms with E-state index in [2.05, 4.69) is 13.8 Å². The van der Waals surface area contributed by atoms with E-state index in [4.69, 9.17) is 0 Å². The summed E-state index contributed by atoms with van der Waals surface area (Å²) in [6.07, 6.45) is 4.78. The summed E-state index contributed by atoms with van der Waals surface area (Å²) in [6, 6.07) is 0. The minimum atomic E-state index is -0.237. The van der Waals surface area contributed by atoms with Gasteiger partial charge in [0, 0.05) is 6.61 Å². The molecule has 0 bridgehead atoms. The van der Waals surface area contributed by atoms with Gasteiger partial charge in [-0.25, -0.2) is 0 Å². The highest BCUT2D eigenvalue weighted by molar-refractivity contribution is 4.75. The first-order valence-corrected chi connectivity index (χ1v) is 6.00. The average molecular weight is 202 g/mol. The normalized spacial score (nSPS) is 17.8. The van der Waals surface area contributed by atoms with Gasteiger partial charge in [-0.15, -0.1) is 0 Å². The van der Waals surface area contributed by atoms with Crippen molar-refractivity contribution in [2.75, 3.05) is 6.61 Å². The topological polar surface area (TPSA) is 40.5 Å². The molecule has 0 heterocycles. The first kappa shape index (κ1) is 13.9. The van der Waals surface area contributed by atoms with Gasteiger partial charge in [-0.05, 0) is 31.1 Å². The van der Waals surface area contributed by atoms with E-state index in [1.54, 1.807) is 0 Å². The SMILES string of the molecule is CCCC(CO)C(CCC)C(O)CC. The second-order valence-electron chi connectivity index (χ2n) is 4.16. The molecule has 0 radical (unpaired) electrons. The largest absolute Gasteiger partial charge is 0.396 e. The molecule has 0 spiro atoms. The monoisotopic (exact) mass is 202 g/mol. The molecule has 2 nitrogen and oxygen atoms in total. The average Bonchev–Trinajstić information content (AvgIpc) is 2.22. The predicted octanol–water partition coefficient (Wildman–Crippen LogP) is 2.58. The van der Waals surface area contributed by atoms with Crippen LogP contribution < -0.4 is 0 Å². The summed E-state index contributed by atoms with van der Waals surface area (Å²) in [5, 5.41) is 19.2. The van der Waals surface area contributed by atoms with Gasteiger partial charge in [-0.3, -0.25) is 0 Å². The first-order chi connectivity index (χ1) is 6.71. The molecule has 0 amide bonds. The third kappa shape index (κ3) is 4.43. The van der Waals surface area contributed by atoms with Gasteiger partial charge in [-0.2, -0.15) is 0 Å². The van der Waals surface area contributed by atoms with Crippen LogP contribution in [0.25, 0.3) is 0 Å². The van der Waals surface area contributed by atoms with E-state index in [1.807, 2.05) is 6.92 Å². The molecule has 2 heteroatoms. The maximum atomic E-state index is 9.87. The van der Waals surface area contributed by atoms with E-state index < -0.39 is 0 Å². The molecule has 0 aromatic heterocycles. The number of hydrogen-bond acceptors (Lipinski definition) is 2. The Bertz CT molecular complexity index is 125. The van der Waals surface area contributed by atoms with Gasteiger partial charge in [0.05, 0.1) is 6.10 Å². The van der Waals surface area contributed by atoms with Crippen LogP contribution in [0.3, 0.4) is 0 Å². The number of aliphatic hydroxyl groups is 2. The number of aliphatic hydroxyl groups excluding tert-OH is 2. The van der Waals surface area contributed by atoms with Crippen molar-refractivity contribution in [1.29, 1.82) is 0 Å². The molecule has 0 saturated carbocycles. The molecule has 0 fully saturated rings. The fourth-order valence-electron chi connectivity index (χ4n) is 2.19. The Labute approximate surface area is 88.3 Å². The Balaban J connectivity index is 4.25. The Morgan fingerprint density at radius 3 is 1.93 bits per heavy atom. The lowest BCUT2D eigenvalue weighted by Crippen LogP contribution is -2.29. The highest BCUT2D eigenvalue weighted by Crippen LogP contribution is 2.26. The van der Waals surface area contributed by atoms with Crippen molar-refractivity contribution in [3.05, 3.63) is 0 Å². The Morgan fingerprint density at radius 1 is 1.00 bits per heavy atom. The minimum absolute atomic E-state index is 0.218. The van der Waals surface area contributed by atoms with Crippen LogP contribution in [0.4, 0.5) is 0 Å². The van der Waals surface area contributed by atoms with Gasteiger partial charge in [0.2, 0.25) is 0 Å². The van der Waals surface area contributed by atoms with E-state index in [1.165, 1.54) is 0 Å². The highest BCUT2D eigenvalue weighted by atomic mass is 16.3. The molecule has 0 aliphatic heterocycles. The van der Waals surface area contributed by atoms with E-state index in [-0.39, 0.29) is 24.5 Å². The van der Waals surface area contributed by atoms with Crippen LogP contribution >= 0.6 is 0 Å². The third-order valence-corrected chi connectivity index (χ3v) is 3.03. The van der Waals surface area contributed by atoms with E-state index in [0.717, 1.165) is 32.1 Å². The summed E-state index contributed by atoms with van der Waals surface area (Å²) in [4.78, 5) is 0. The zero-order chi connectivity index (χ0) is 11.0. The third-order valence-electron chi connectivity index (χ3n) is 3.03. The van der Waals surface area contributed by atoms with Crippen molar-refractivity contribution in [2.45, 2.75) is 59.0 Å². The van der Waals surface area contributed by atoms with Gasteiger partial charge in [0.1, 0.15) is 0 Å². The van der Waals surface area contributed by atoms with Crippen LogP contribution in [0, 0.1) is 11.8 Å². The Hall–Kier alpha value is -0.0800. The zero-order valence-electron chi connectivity index (χ0n) is 9.87. The van der Waals surface area contributed by atoms with Crippen LogP contribution in [-0.4, -0.2) is 22.9 Å². The second kappa shape index (κ2) is 8.25. The van der Waals surface area contributed by atoms with Crippen LogP contribution in [0.1, 0.15) is 52.9 Å². The zero-order valence-corrected chi connectivity index (χ0v) is 9.87. The maximum absolute atomic E-state index is 9.87. The van der Waals surface area contributed by atoms with Gasteiger partial charge in [0.25, 0.3) is 0 Å². The summed E-state index contributed by atoms with van der Waals surface area (Å²) in [7, 11) is 0. The molecule has 0 saturated heterocycles. The molecule has 3 unspecified atom stereocenters. The van der Waals surface area contributed by atoms with Gasteiger partial charge >= 0.3 is 0 Å². The molecule has 0 rings (SSSR count). The van der Waals surface area contributed by atoms with Crippen LogP contribution in [0.2, 0.25) is 0 Å². The molecular weight excluding hydrogens is 176 g/mol. The van der Waals surface area contributed by atoms with Crippen LogP contribution in [-0.2, 0) is 0 Å². The summed E-state index contributed by atoms with van der Waals surface area (Å²) in [6.45, 7) is 6.49. The van der Waals surface area contributed by atoms with E-state index in [0.29, 0.717) is 0 Å². The van der Waals surface area contributed by atoms with Crippen molar-refractivity contribution < 1.29 is 10.2 Å². The molecule has 0 aliphatic rings. The van der Waals surface area contributed by atoms with Crippen molar-refractivity contribution >= 4 is 0 Å². The number of rotatable bonds is 8. The summed E-state index contributed by atoms with van der Waals surface area (Å²) in [5.41, 5.74) is 0. The molecule has 0 aromatic rings. The lowest BCUT2D eigenvalue weighted by Gasteiger charge is -2.29. The molecule has 3 atom stereocenters. The van der Waals surface area contributed by atoms with Crippen molar-refractivity contribution in [2.24, 2.45) is 11.8 Å². The smallest absolute Gasteiger partial charge is 0.0569 e. The molecule has 0 aliphatic carbocycles. The van der Waals surface area contributed by atoms with Gasteiger partial charge in [0.15, 0.2) is 0 Å². The second-order valence-corrected chi connectivity index (χ2v) is 4.16. The van der Waals surface area contributed by atoms with E-state index in [9.17, 15) is 10.2 Å². The molecular formula is C12H26O2. The number of hydrogen-bond donors (Lipinski definition) is 2. The lowest BCUT2D eigenvalue weighted by atomic mass is 9.81. The Kier molecular flexibility index (Phi) is 8.20. The quantitative estimate of drug-likeness (QED) is 0.635. The van der Waals surface area contributed by atoms with Crippen molar-refractivity contribution in [3.8, 4) is 0 Å². The molecule has 86 valence electrons. The highest BCUT2D eigenvalue weighted by Gasteiger charge is 2.25. The fraction of sp³-hybridized carbons (Fsp3) is 1.00.